The highest BCUT2D eigenvalue weighted by molar-refractivity contribution is 7.39. The summed E-state index contributed by atoms with van der Waals surface area (Å²) in [5.41, 5.74) is 0.0833. The Morgan fingerprint density at radius 3 is 1.79 bits per heavy atom. The van der Waals surface area contributed by atoms with Gasteiger partial charge in [0.05, 0.1) is 6.61 Å². The Kier molecular flexibility index (Phi) is 20.0. The Morgan fingerprint density at radius 2 is 1.36 bits per heavy atom. The molecule has 0 bridgehead atoms. The molecule has 0 rings (SSSR count). The van der Waals surface area contributed by atoms with Crippen molar-refractivity contribution in [2.75, 3.05) is 13.2 Å². The molecule has 0 saturated heterocycles. The molecule has 0 amide bonds. The maximum Gasteiger partial charge on any atom is 0.360 e. The predicted molar refractivity (Wildman–Crippen MR) is 180 cm³/mol. The second-order valence-corrected chi connectivity index (χ2v) is 14.9. The van der Waals surface area contributed by atoms with Gasteiger partial charge in [0.2, 0.25) is 0 Å². The van der Waals surface area contributed by atoms with Crippen LogP contribution in [0.15, 0.2) is 24.8 Å². The highest BCUT2D eigenvalue weighted by atomic mass is 31.2. The number of esters is 1. The summed E-state index contributed by atoms with van der Waals surface area (Å²) in [6.07, 6.45) is 13.9. The molecular weight excluding hydrogens is 570 g/mol. The Bertz CT molecular complexity index is 798. The van der Waals surface area contributed by atoms with Crippen molar-refractivity contribution >= 4 is 24.5 Å². The molecule has 9 heteroatoms. The van der Waals surface area contributed by atoms with Crippen LogP contribution in [0, 0.1) is 38.9 Å². The first-order chi connectivity index (χ1) is 18.8. The maximum absolute atomic E-state index is 12.2. The lowest BCUT2D eigenvalue weighted by molar-refractivity contribution is -0.465. The number of carbonyl (C=O) groups excluding carboxylic acids is 1. The van der Waals surface area contributed by atoms with Crippen LogP contribution in [-0.4, -0.2) is 29.0 Å². The molecule has 2 atom stereocenters. The zero-order valence-corrected chi connectivity index (χ0v) is 31.4. The third kappa shape index (κ3) is 12.5. The quantitative estimate of drug-likeness (QED) is 0.0305. The van der Waals surface area contributed by atoms with Crippen molar-refractivity contribution in [3.05, 3.63) is 24.8 Å². The summed E-state index contributed by atoms with van der Waals surface area (Å²) >= 11 is 0. The first kappa shape index (κ1) is 43.7. The van der Waals surface area contributed by atoms with E-state index in [2.05, 4.69) is 122 Å². The molecule has 0 aliphatic rings. The number of allylic oxidation sites excluding steroid dienone is 3. The highest BCUT2D eigenvalue weighted by Crippen LogP contribution is 2.52. The molecule has 42 heavy (non-hydrogen) atoms. The van der Waals surface area contributed by atoms with Crippen molar-refractivity contribution in [1.29, 1.82) is 0 Å². The van der Waals surface area contributed by atoms with Gasteiger partial charge in [0.15, 0.2) is 6.61 Å². The molecule has 0 heterocycles. The van der Waals surface area contributed by atoms with Crippen molar-refractivity contribution in [2.24, 2.45) is 38.9 Å². The largest absolute Gasteiger partial charge is 0.463 e. The van der Waals surface area contributed by atoms with Gasteiger partial charge in [0.1, 0.15) is 0 Å². The van der Waals surface area contributed by atoms with Gasteiger partial charge in [-0.1, -0.05) is 119 Å². The molecule has 0 saturated carbocycles. The van der Waals surface area contributed by atoms with Gasteiger partial charge in [-0.3, -0.25) is 0 Å². The van der Waals surface area contributed by atoms with Crippen LogP contribution in [0.4, 0.5) is 0 Å². The van der Waals surface area contributed by atoms with E-state index in [0.717, 1.165) is 32.1 Å². The summed E-state index contributed by atoms with van der Waals surface area (Å²) in [6.45, 7) is 31.8. The summed E-state index contributed by atoms with van der Waals surface area (Å²) in [7, 11) is -2.72. The fraction of sp³-hybridized carbons (Fsp3) is 0.848. The number of ether oxygens (including phenoxy) is 1. The fourth-order valence-corrected chi connectivity index (χ4v) is 6.45. The summed E-state index contributed by atoms with van der Waals surface area (Å²) in [6, 6.07) is 0. The number of hydrogen-bond acceptors (Lipinski definition) is 7. The molecule has 0 aromatic carbocycles. The Balaban J connectivity index is 0. The van der Waals surface area contributed by atoms with E-state index in [9.17, 15) is 4.79 Å². The van der Waals surface area contributed by atoms with Gasteiger partial charge in [0, 0.05) is 5.41 Å². The normalized spacial score (nSPS) is 14.4. The lowest BCUT2D eigenvalue weighted by atomic mass is 9.57. The van der Waals surface area contributed by atoms with E-state index < -0.39 is 21.2 Å². The van der Waals surface area contributed by atoms with Gasteiger partial charge in [0.25, 0.3) is 0 Å². The topological polar surface area (TPSA) is 94.5 Å². The lowest BCUT2D eigenvalue weighted by Crippen LogP contribution is -2.41. The van der Waals surface area contributed by atoms with E-state index in [1.807, 2.05) is 0 Å². The number of rotatable bonds is 22. The monoisotopic (exact) mass is 636 g/mol. The third-order valence-electron chi connectivity index (χ3n) is 10.9. The Morgan fingerprint density at radius 1 is 0.857 bits per heavy atom. The van der Waals surface area contributed by atoms with E-state index in [1.165, 1.54) is 12.8 Å². The van der Waals surface area contributed by atoms with E-state index >= 15 is 0 Å². The number of carbonyl (C=O) groups is 1. The summed E-state index contributed by atoms with van der Waals surface area (Å²) in [4.78, 5) is 33.9. The van der Waals surface area contributed by atoms with Crippen molar-refractivity contribution in [2.45, 2.75) is 128 Å². The molecule has 250 valence electrons. The van der Waals surface area contributed by atoms with Gasteiger partial charge in [-0.25, -0.2) is 4.79 Å². The second kappa shape index (κ2) is 19.2. The van der Waals surface area contributed by atoms with Gasteiger partial charge in [-0.15, -0.1) is 11.3 Å². The molecule has 0 fully saturated rings. The average Bonchev–Trinajstić information content (AvgIpc) is 2.88. The molecular formula is C33H66O7P2. The molecule has 0 spiro atoms. The van der Waals surface area contributed by atoms with E-state index in [4.69, 9.17) is 14.5 Å². The molecule has 2 N–H and O–H groups in total. The molecule has 7 nitrogen and oxygen atoms in total. The van der Waals surface area contributed by atoms with Crippen LogP contribution in [0.2, 0.25) is 0 Å². The third-order valence-corrected chi connectivity index (χ3v) is 11.1. The molecule has 0 aliphatic carbocycles. The molecule has 0 aromatic heterocycles. The highest BCUT2D eigenvalue weighted by Gasteiger charge is 2.44. The average molecular weight is 637 g/mol. The first-order valence-corrected chi connectivity index (χ1v) is 16.6. The van der Waals surface area contributed by atoms with Crippen molar-refractivity contribution < 1.29 is 33.9 Å². The van der Waals surface area contributed by atoms with E-state index in [-0.39, 0.29) is 43.6 Å². The van der Waals surface area contributed by atoms with Crippen LogP contribution in [0.1, 0.15) is 128 Å². The minimum atomic E-state index is -2.72. The summed E-state index contributed by atoms with van der Waals surface area (Å²) in [5.74, 6) is 0.522. The van der Waals surface area contributed by atoms with Crippen molar-refractivity contribution in [1.82, 2.24) is 0 Å². The SMILES string of the molecule is C=CC(CC(C)(C)C(C)(C)CC=CCC(C)(C)C(CC)(CC)COC(=O)COOOP(O)O)C(C)(C)C(CC)CC.P. The standard InChI is InChI=1S/C33H63O7P.H3P/c1-14-26(15-2)32(12,13)27(16-3)23-31(10,11)29(6,7)21-19-20-22-30(8,9)33(17-4,18-5)25-37-28(34)24-38-39-40-41(35)36;/h16,19-20,26-27,35-36H,3,14-15,17-18,21-25H2,1-2,4-13H3;1H3. The molecule has 0 aliphatic heterocycles. The van der Waals surface area contributed by atoms with Gasteiger partial charge in [-0.2, -0.15) is 14.8 Å². The fourth-order valence-electron chi connectivity index (χ4n) is 6.36. The van der Waals surface area contributed by atoms with Crippen molar-refractivity contribution in [3.63, 3.8) is 0 Å². The second-order valence-electron chi connectivity index (χ2n) is 14.2. The molecule has 2 unspecified atom stereocenters. The van der Waals surface area contributed by atoms with E-state index in [1.54, 1.807) is 0 Å². The zero-order valence-electron chi connectivity index (χ0n) is 29.0. The maximum atomic E-state index is 12.2. The van der Waals surface area contributed by atoms with Crippen LogP contribution in [0.3, 0.4) is 0 Å². The van der Waals surface area contributed by atoms with Crippen LogP contribution < -0.4 is 0 Å². The Labute approximate surface area is 263 Å². The predicted octanol–water partition coefficient (Wildman–Crippen LogP) is 9.56. The van der Waals surface area contributed by atoms with Crippen LogP contribution in [0.25, 0.3) is 0 Å². The van der Waals surface area contributed by atoms with Gasteiger partial charge < -0.3 is 14.5 Å². The number of hydrogen-bond donors (Lipinski definition) is 2. The van der Waals surface area contributed by atoms with Crippen LogP contribution >= 0.6 is 18.5 Å². The van der Waals surface area contributed by atoms with Crippen LogP contribution in [0.5, 0.6) is 0 Å². The zero-order chi connectivity index (χ0) is 32.1. The molecule has 0 aromatic rings. The smallest absolute Gasteiger partial charge is 0.360 e. The minimum absolute atomic E-state index is 0. The minimum Gasteiger partial charge on any atom is -0.463 e. The van der Waals surface area contributed by atoms with Gasteiger partial charge in [-0.05, 0) is 65.6 Å². The Hall–Kier alpha value is -0.390. The van der Waals surface area contributed by atoms with Gasteiger partial charge >= 0.3 is 14.6 Å². The van der Waals surface area contributed by atoms with E-state index in [0.29, 0.717) is 11.8 Å². The lowest BCUT2D eigenvalue weighted by Gasteiger charge is -2.48. The summed E-state index contributed by atoms with van der Waals surface area (Å²) in [5, 5.41) is 4.11. The van der Waals surface area contributed by atoms with Crippen LogP contribution in [-0.2, 0) is 24.1 Å². The summed E-state index contributed by atoms with van der Waals surface area (Å²) < 4.78 is 9.57. The van der Waals surface area contributed by atoms with Crippen molar-refractivity contribution in [3.8, 4) is 0 Å². The molecule has 0 radical (unpaired) electrons. The first-order valence-electron chi connectivity index (χ1n) is 15.4.